The monoisotopic (exact) mass is 314 g/mol. The van der Waals surface area contributed by atoms with Crippen molar-refractivity contribution in [3.63, 3.8) is 0 Å². The zero-order valence-electron chi connectivity index (χ0n) is 10.7. The van der Waals surface area contributed by atoms with Crippen molar-refractivity contribution in [2.75, 3.05) is 7.15 Å². The van der Waals surface area contributed by atoms with Gasteiger partial charge in [-0.05, 0) is 0 Å². The van der Waals surface area contributed by atoms with Gasteiger partial charge >= 0.3 is 59.1 Å². The summed E-state index contributed by atoms with van der Waals surface area (Å²) in [5, 5.41) is 0. The van der Waals surface area contributed by atoms with Crippen LogP contribution in [0, 0.1) is 0 Å². The molecule has 0 saturated heterocycles. The molecule has 0 amide bonds. The molecule has 0 unspecified atom stereocenters. The van der Waals surface area contributed by atoms with Crippen LogP contribution in [-0.2, 0) is 23.7 Å². The fourth-order valence-corrected chi connectivity index (χ4v) is 0. The van der Waals surface area contributed by atoms with E-state index >= 15 is 0 Å². The quantitative estimate of drug-likeness (QED) is 0.242. The van der Waals surface area contributed by atoms with E-state index < -0.39 is 26.6 Å². The van der Waals surface area contributed by atoms with Gasteiger partial charge in [0.05, 0.1) is 8.52 Å². The standard InChI is InChI=1S/C2H6.CH3F.2Na.HO3S2.5H2O/c2*1-2;;;1-4-5(2)3;;;;;/h1-2H3;1H3;;;4H;5*1H2/q;;2*+1;-1;;;;;/i;1D;;;;;;;;. The summed E-state index contributed by atoms with van der Waals surface area (Å²) in [5.41, 5.74) is 0. The van der Waals surface area contributed by atoms with Crippen LogP contribution in [0.25, 0.3) is 0 Å². The normalized spacial score (nSPS) is 3.81. The Labute approximate surface area is 144 Å². The summed E-state index contributed by atoms with van der Waals surface area (Å²) in [6.07, 6.45) is 0. The maximum atomic E-state index is 9.96. The van der Waals surface area contributed by atoms with E-state index in [2.05, 4.69) is 0 Å². The molecule has 0 heterocycles. The largest absolute Gasteiger partial charge is 1.00 e. The first-order chi connectivity index (χ1) is 4.68. The average Bonchev–Trinajstić information content (AvgIpc) is 1.94. The molecule has 0 aliphatic heterocycles. The third-order valence-electron chi connectivity index (χ3n) is 0.0609. The number of thiol groups is 1. The molecule has 0 aromatic carbocycles. The molecule has 0 aliphatic rings. The van der Waals surface area contributed by atoms with Crippen LogP contribution in [0.1, 0.15) is 15.2 Å². The van der Waals surface area contributed by atoms with Gasteiger partial charge in [0, 0.05) is 0 Å². The maximum Gasteiger partial charge on any atom is 1.00 e. The first kappa shape index (κ1) is 65.2. The van der Waals surface area contributed by atoms with E-state index in [0.29, 0.717) is 0 Å². The number of alkyl halides is 1. The average molecular weight is 314 g/mol. The minimum Gasteiger partial charge on any atom is -0.450 e. The molecule has 0 aliphatic carbocycles. The van der Waals surface area contributed by atoms with E-state index in [1.807, 2.05) is 13.8 Å². The Bertz CT molecular complexity index is 179. The Balaban J connectivity index is -0.00000000475. The second-order valence-electron chi connectivity index (χ2n) is 0.292. The fourth-order valence-electron chi connectivity index (χ4n) is 0. The molecular formula is C3H20FNa2O8S2+. The summed E-state index contributed by atoms with van der Waals surface area (Å²) in [6, 6.07) is 0. The molecule has 0 rings (SSSR count). The number of halogens is 1. The van der Waals surface area contributed by atoms with Crippen LogP contribution in [0.15, 0.2) is 0 Å². The van der Waals surface area contributed by atoms with Gasteiger partial charge < -0.3 is 31.6 Å². The molecule has 0 fully saturated rings. The van der Waals surface area contributed by atoms with E-state index in [0.717, 1.165) is 0 Å². The van der Waals surface area contributed by atoms with Gasteiger partial charge in [-0.3, -0.25) is 4.39 Å². The van der Waals surface area contributed by atoms with Crippen molar-refractivity contribution in [1.29, 1.82) is 0 Å². The van der Waals surface area contributed by atoms with Crippen LogP contribution in [0.3, 0.4) is 0 Å². The van der Waals surface area contributed by atoms with Crippen LogP contribution < -0.4 is 59.1 Å². The van der Waals surface area contributed by atoms with Gasteiger partial charge in [-0.15, -0.1) is 0 Å². The van der Waals surface area contributed by atoms with Gasteiger partial charge in [-0.2, -0.15) is 10.2 Å². The molecule has 8 nitrogen and oxygen atoms in total. The fraction of sp³-hybridized carbons (Fsp3) is 1.00. The smallest absolute Gasteiger partial charge is 0.450 e. The number of hydrogen-bond acceptors (Lipinski definition) is 4. The van der Waals surface area contributed by atoms with Crippen molar-refractivity contribution in [2.45, 2.75) is 13.8 Å². The number of rotatable bonds is 0. The maximum absolute atomic E-state index is 9.96. The van der Waals surface area contributed by atoms with E-state index in [9.17, 15) is 4.39 Å². The molecular weight excluding hydrogens is 293 g/mol. The van der Waals surface area contributed by atoms with Gasteiger partial charge in [0.25, 0.3) is 0 Å². The third kappa shape index (κ3) is 248. The van der Waals surface area contributed by atoms with Crippen molar-refractivity contribution in [3.05, 3.63) is 0 Å². The van der Waals surface area contributed by atoms with Crippen LogP contribution >= 0.6 is 0 Å². The van der Waals surface area contributed by atoms with Crippen molar-refractivity contribution in [3.8, 4) is 0 Å². The summed E-state index contributed by atoms with van der Waals surface area (Å²) in [7, 11) is -4.24. The van der Waals surface area contributed by atoms with E-state index in [1.54, 1.807) is 0 Å². The molecule has 0 saturated carbocycles. The van der Waals surface area contributed by atoms with Crippen molar-refractivity contribution < 1.29 is 105 Å². The zero-order valence-corrected chi connectivity index (χ0v) is 15.4. The topological polar surface area (TPSA) is 209 Å². The van der Waals surface area contributed by atoms with Gasteiger partial charge in [0.1, 0.15) is 9.26 Å². The van der Waals surface area contributed by atoms with Crippen molar-refractivity contribution >= 4 is 19.5 Å². The molecule has 13 heteroatoms. The Kier molecular flexibility index (Phi) is 516. The molecule has 0 bridgehead atoms. The van der Waals surface area contributed by atoms with Crippen molar-refractivity contribution in [1.82, 2.24) is 0 Å². The van der Waals surface area contributed by atoms with Crippen molar-refractivity contribution in [2.24, 2.45) is 0 Å². The molecule has 0 atom stereocenters. The van der Waals surface area contributed by atoms with Crippen LogP contribution in [0.2, 0.25) is 0 Å². The molecule has 100 valence electrons. The zero-order chi connectivity index (χ0) is 8.99. The molecule has 0 aromatic heterocycles. The van der Waals surface area contributed by atoms with Gasteiger partial charge in [0.15, 0.2) is 0 Å². The Morgan fingerprint density at radius 1 is 1.00 bits per heavy atom. The summed E-state index contributed by atoms with van der Waals surface area (Å²) in [6.45, 7) is 4.00. The Morgan fingerprint density at radius 2 is 1.06 bits per heavy atom. The Morgan fingerprint density at radius 3 is 1.06 bits per heavy atom. The summed E-state index contributed by atoms with van der Waals surface area (Å²) >= 11 is 0. The van der Waals surface area contributed by atoms with Crippen LogP contribution in [0.5, 0.6) is 0 Å². The summed E-state index contributed by atoms with van der Waals surface area (Å²) in [5.74, 6) is 0. The van der Waals surface area contributed by atoms with Crippen LogP contribution in [-0.4, -0.2) is 43.0 Å². The molecule has 0 spiro atoms. The SMILES string of the molecule is CC.O.O.O.O.O.O=[SH-]=S(=O)=O.[2H]CF.[Na+].[Na+]. The number of hydrogen-bond donors (Lipinski definition) is 0. The predicted molar refractivity (Wildman–Crippen MR) is 54.8 cm³/mol. The van der Waals surface area contributed by atoms with Gasteiger partial charge in [-0.25, -0.2) is 8.42 Å². The summed E-state index contributed by atoms with van der Waals surface area (Å²) < 4.78 is 42.6. The van der Waals surface area contributed by atoms with E-state index in [4.69, 9.17) is 14.0 Å². The Hall–Kier alpha value is 1.70. The second kappa shape index (κ2) is 127. The minimum absolute atomic E-state index is 0. The first-order valence-electron chi connectivity index (χ1n) is 2.67. The van der Waals surface area contributed by atoms with Gasteiger partial charge in [-0.1, -0.05) is 13.8 Å². The second-order valence-corrected chi connectivity index (χ2v) is 2.22. The molecule has 10 N–H and O–H groups in total. The minimum atomic E-state index is -2.41. The van der Waals surface area contributed by atoms with E-state index in [-0.39, 0.29) is 86.5 Å². The third-order valence-corrected chi connectivity index (χ3v) is 0.548. The molecule has 0 aromatic rings. The summed E-state index contributed by atoms with van der Waals surface area (Å²) in [4.78, 5) is 0. The first-order valence-corrected chi connectivity index (χ1v) is 4.46. The van der Waals surface area contributed by atoms with E-state index in [1.165, 1.54) is 0 Å². The van der Waals surface area contributed by atoms with Crippen LogP contribution in [0.4, 0.5) is 4.39 Å². The molecule has 16 heavy (non-hydrogen) atoms. The molecule has 0 radical (unpaired) electrons. The predicted octanol–water partition coefficient (Wildman–Crippen LogP) is -9.56. The van der Waals surface area contributed by atoms with Gasteiger partial charge in [0.2, 0.25) is 0 Å².